The number of fused-ring (bicyclic) bond motifs is 3. The van der Waals surface area contributed by atoms with Crippen molar-refractivity contribution >= 4 is 34.8 Å². The molecule has 1 amide bonds. The van der Waals surface area contributed by atoms with Crippen molar-refractivity contribution in [1.29, 1.82) is 0 Å². The van der Waals surface area contributed by atoms with Gasteiger partial charge in [-0.3, -0.25) is 4.79 Å². The van der Waals surface area contributed by atoms with Gasteiger partial charge in [-0.25, -0.2) is 0 Å². The number of amides is 1. The molecule has 0 aliphatic carbocycles. The lowest BCUT2D eigenvalue weighted by atomic mass is 10.1. The van der Waals surface area contributed by atoms with E-state index >= 15 is 0 Å². The van der Waals surface area contributed by atoms with Crippen LogP contribution in [0.2, 0.25) is 10.0 Å². The van der Waals surface area contributed by atoms with E-state index in [1.807, 2.05) is 0 Å². The predicted molar refractivity (Wildman–Crippen MR) is 72.5 cm³/mol. The standard InChI is InChI=1S/C12H13Cl2N3O/c13-7-1-2-8(14)11-10(7)12(18)16-9-3-4-15-5-6-17(9)11/h1-2,9,15H,3-6H2,(H,16,18). The van der Waals surface area contributed by atoms with E-state index in [0.717, 1.165) is 31.7 Å². The molecule has 2 aliphatic heterocycles. The van der Waals surface area contributed by atoms with Gasteiger partial charge in [0.25, 0.3) is 5.91 Å². The third-order valence-electron chi connectivity index (χ3n) is 3.39. The highest BCUT2D eigenvalue weighted by Crippen LogP contribution is 2.38. The maximum atomic E-state index is 12.1. The molecular formula is C12H13Cl2N3O. The van der Waals surface area contributed by atoms with Crippen molar-refractivity contribution in [3.63, 3.8) is 0 Å². The van der Waals surface area contributed by atoms with Crippen LogP contribution in [0.1, 0.15) is 16.8 Å². The molecule has 4 nitrogen and oxygen atoms in total. The van der Waals surface area contributed by atoms with Crippen LogP contribution >= 0.6 is 23.2 Å². The Morgan fingerprint density at radius 1 is 1.22 bits per heavy atom. The maximum absolute atomic E-state index is 12.1. The maximum Gasteiger partial charge on any atom is 0.256 e. The molecular weight excluding hydrogens is 273 g/mol. The average Bonchev–Trinajstić information content (AvgIpc) is 2.58. The van der Waals surface area contributed by atoms with Gasteiger partial charge in [0.05, 0.1) is 21.3 Å². The lowest BCUT2D eigenvalue weighted by Crippen LogP contribution is -2.53. The number of hydrogen-bond donors (Lipinski definition) is 2. The first-order chi connectivity index (χ1) is 8.68. The third-order valence-corrected chi connectivity index (χ3v) is 4.01. The molecule has 1 aromatic carbocycles. The second-order valence-corrected chi connectivity index (χ2v) is 5.29. The number of anilines is 1. The summed E-state index contributed by atoms with van der Waals surface area (Å²) in [7, 11) is 0. The lowest BCUT2D eigenvalue weighted by Gasteiger charge is -2.38. The highest BCUT2D eigenvalue weighted by Gasteiger charge is 2.34. The van der Waals surface area contributed by atoms with Crippen molar-refractivity contribution in [1.82, 2.24) is 10.6 Å². The fourth-order valence-electron chi connectivity index (χ4n) is 2.55. The molecule has 1 fully saturated rings. The van der Waals surface area contributed by atoms with E-state index in [2.05, 4.69) is 15.5 Å². The van der Waals surface area contributed by atoms with E-state index in [1.54, 1.807) is 12.1 Å². The van der Waals surface area contributed by atoms with Crippen LogP contribution in [0.25, 0.3) is 0 Å². The zero-order valence-corrected chi connectivity index (χ0v) is 11.2. The predicted octanol–water partition coefficient (Wildman–Crippen LogP) is 1.86. The molecule has 18 heavy (non-hydrogen) atoms. The number of nitrogens with one attached hydrogen (secondary N) is 2. The Hall–Kier alpha value is -0.970. The monoisotopic (exact) mass is 285 g/mol. The molecule has 2 heterocycles. The first kappa shape index (κ1) is 12.1. The molecule has 1 aromatic rings. The Kier molecular flexibility index (Phi) is 3.09. The Morgan fingerprint density at radius 2 is 2.00 bits per heavy atom. The van der Waals surface area contributed by atoms with Gasteiger partial charge in [0.1, 0.15) is 6.17 Å². The van der Waals surface area contributed by atoms with Crippen LogP contribution in [-0.4, -0.2) is 31.7 Å². The Balaban J connectivity index is 2.15. The molecule has 0 bridgehead atoms. The van der Waals surface area contributed by atoms with E-state index in [4.69, 9.17) is 23.2 Å². The van der Waals surface area contributed by atoms with Crippen LogP contribution in [0.4, 0.5) is 5.69 Å². The van der Waals surface area contributed by atoms with Crippen molar-refractivity contribution in [3.05, 3.63) is 27.7 Å². The topological polar surface area (TPSA) is 44.4 Å². The highest BCUT2D eigenvalue weighted by molar-refractivity contribution is 6.38. The molecule has 6 heteroatoms. The minimum atomic E-state index is -0.138. The molecule has 0 spiro atoms. The largest absolute Gasteiger partial charge is 0.348 e. The fourth-order valence-corrected chi connectivity index (χ4v) is 3.06. The van der Waals surface area contributed by atoms with Gasteiger partial charge in [0.15, 0.2) is 0 Å². The molecule has 0 aromatic heterocycles. The smallest absolute Gasteiger partial charge is 0.256 e. The van der Waals surface area contributed by atoms with Crippen LogP contribution in [0.15, 0.2) is 12.1 Å². The quantitative estimate of drug-likeness (QED) is 0.765. The van der Waals surface area contributed by atoms with Crippen molar-refractivity contribution in [2.45, 2.75) is 12.6 Å². The summed E-state index contributed by atoms with van der Waals surface area (Å²) in [6, 6.07) is 3.41. The summed E-state index contributed by atoms with van der Waals surface area (Å²) in [4.78, 5) is 14.3. The van der Waals surface area contributed by atoms with Gasteiger partial charge in [-0.15, -0.1) is 0 Å². The second kappa shape index (κ2) is 4.61. The van der Waals surface area contributed by atoms with Gasteiger partial charge in [0.2, 0.25) is 0 Å². The molecule has 0 saturated carbocycles. The van der Waals surface area contributed by atoms with Gasteiger partial charge >= 0.3 is 0 Å². The first-order valence-electron chi connectivity index (χ1n) is 5.94. The van der Waals surface area contributed by atoms with E-state index < -0.39 is 0 Å². The van der Waals surface area contributed by atoms with Gasteiger partial charge < -0.3 is 15.5 Å². The summed E-state index contributed by atoms with van der Waals surface area (Å²) in [5.41, 5.74) is 1.25. The first-order valence-corrected chi connectivity index (χ1v) is 6.70. The van der Waals surface area contributed by atoms with Gasteiger partial charge in [-0.05, 0) is 25.1 Å². The van der Waals surface area contributed by atoms with E-state index in [0.29, 0.717) is 15.6 Å². The average molecular weight is 286 g/mol. The zero-order valence-electron chi connectivity index (χ0n) is 9.67. The zero-order chi connectivity index (χ0) is 12.7. The summed E-state index contributed by atoms with van der Waals surface area (Å²) in [6.07, 6.45) is 0.851. The van der Waals surface area contributed by atoms with Gasteiger partial charge in [-0.2, -0.15) is 0 Å². The normalized spacial score (nSPS) is 22.9. The Bertz CT molecular complexity index is 506. The highest BCUT2D eigenvalue weighted by atomic mass is 35.5. The molecule has 3 rings (SSSR count). The molecule has 0 radical (unpaired) electrons. The fraction of sp³-hybridized carbons (Fsp3) is 0.417. The third kappa shape index (κ3) is 1.85. The summed E-state index contributed by atoms with van der Waals surface area (Å²) < 4.78 is 0. The van der Waals surface area contributed by atoms with Crippen molar-refractivity contribution < 1.29 is 4.79 Å². The second-order valence-electron chi connectivity index (χ2n) is 4.47. The van der Waals surface area contributed by atoms with Crippen LogP contribution in [0, 0.1) is 0 Å². The van der Waals surface area contributed by atoms with Crippen LogP contribution in [0.5, 0.6) is 0 Å². The van der Waals surface area contributed by atoms with Gasteiger partial charge in [-0.1, -0.05) is 23.2 Å². The molecule has 2 N–H and O–H groups in total. The summed E-state index contributed by atoms with van der Waals surface area (Å²) >= 11 is 12.4. The Morgan fingerprint density at radius 3 is 2.83 bits per heavy atom. The van der Waals surface area contributed by atoms with Crippen LogP contribution in [0.3, 0.4) is 0 Å². The SMILES string of the molecule is O=C1NC2CCNCCN2c2c(Cl)ccc(Cl)c21. The number of rotatable bonds is 0. The summed E-state index contributed by atoms with van der Waals surface area (Å²) in [6.45, 7) is 2.56. The van der Waals surface area contributed by atoms with Gasteiger partial charge in [0, 0.05) is 13.1 Å². The molecule has 1 unspecified atom stereocenters. The molecule has 1 atom stereocenters. The molecule has 1 saturated heterocycles. The molecule has 2 aliphatic rings. The number of hydrogen-bond acceptors (Lipinski definition) is 3. The van der Waals surface area contributed by atoms with Crippen molar-refractivity contribution in [2.75, 3.05) is 24.5 Å². The molecule has 96 valence electrons. The van der Waals surface area contributed by atoms with E-state index in [-0.39, 0.29) is 12.1 Å². The minimum absolute atomic E-state index is 0.00373. The minimum Gasteiger partial charge on any atom is -0.348 e. The lowest BCUT2D eigenvalue weighted by molar-refractivity contribution is 0.0926. The van der Waals surface area contributed by atoms with Crippen LogP contribution < -0.4 is 15.5 Å². The van der Waals surface area contributed by atoms with Crippen molar-refractivity contribution in [2.24, 2.45) is 0 Å². The number of nitrogens with zero attached hydrogens (tertiary/aromatic N) is 1. The summed E-state index contributed by atoms with van der Waals surface area (Å²) in [5.74, 6) is -0.138. The number of benzene rings is 1. The van der Waals surface area contributed by atoms with E-state index in [1.165, 1.54) is 0 Å². The van der Waals surface area contributed by atoms with Crippen LogP contribution in [-0.2, 0) is 0 Å². The number of halogens is 2. The number of carbonyl (C=O) groups excluding carboxylic acids is 1. The number of carbonyl (C=O) groups is 1. The summed E-state index contributed by atoms with van der Waals surface area (Å²) in [5, 5.41) is 7.33. The van der Waals surface area contributed by atoms with E-state index in [9.17, 15) is 4.79 Å². The Labute approximate surface area is 115 Å². The van der Waals surface area contributed by atoms with Crippen molar-refractivity contribution in [3.8, 4) is 0 Å².